The summed E-state index contributed by atoms with van der Waals surface area (Å²) in [6.45, 7) is 7.57. The Balaban J connectivity index is 2.78. The maximum absolute atomic E-state index is 11.0. The fourth-order valence-corrected chi connectivity index (χ4v) is 1.38. The molecule has 0 fully saturated rings. The summed E-state index contributed by atoms with van der Waals surface area (Å²) in [7, 11) is 0. The average Bonchev–Trinajstić information content (AvgIpc) is 2.63. The molecule has 1 aromatic heterocycles. The van der Waals surface area contributed by atoms with Crippen LogP contribution in [0, 0.1) is 0 Å². The molecule has 0 amide bonds. The Hall–Kier alpha value is -1.25. The number of ketones is 1. The monoisotopic (exact) mass is 195 g/mol. The van der Waals surface area contributed by atoms with Crippen LogP contribution >= 0.6 is 0 Å². The van der Waals surface area contributed by atoms with Crippen LogP contribution in [0.25, 0.3) is 0 Å². The summed E-state index contributed by atoms with van der Waals surface area (Å²) >= 11 is 0. The molecular formula is C11H17NO2. The molecule has 0 atom stereocenters. The number of hydrogen-bond acceptors (Lipinski definition) is 3. The lowest BCUT2D eigenvalue weighted by atomic mass is 10.3. The molecule has 0 N–H and O–H groups in total. The van der Waals surface area contributed by atoms with Crippen molar-refractivity contribution in [2.24, 2.45) is 0 Å². The quantitative estimate of drug-likeness (QED) is 0.677. The van der Waals surface area contributed by atoms with Gasteiger partial charge in [0.25, 0.3) is 0 Å². The van der Waals surface area contributed by atoms with Crippen molar-refractivity contribution in [1.82, 2.24) is 0 Å². The van der Waals surface area contributed by atoms with Gasteiger partial charge in [-0.3, -0.25) is 4.79 Å². The van der Waals surface area contributed by atoms with Gasteiger partial charge < -0.3 is 9.32 Å². The molecule has 0 saturated carbocycles. The van der Waals surface area contributed by atoms with Crippen molar-refractivity contribution in [3.8, 4) is 0 Å². The third-order valence-electron chi connectivity index (χ3n) is 2.13. The number of carbonyl (C=O) groups excluding carboxylic acids is 1. The maximum atomic E-state index is 11.0. The molecule has 1 aromatic rings. The maximum Gasteiger partial charge on any atom is 0.196 e. The van der Waals surface area contributed by atoms with Gasteiger partial charge in [0.1, 0.15) is 0 Å². The molecule has 1 heterocycles. The van der Waals surface area contributed by atoms with Crippen molar-refractivity contribution < 1.29 is 9.21 Å². The number of furan rings is 1. The molecule has 3 heteroatoms. The molecule has 1 rings (SSSR count). The molecule has 0 bridgehead atoms. The van der Waals surface area contributed by atoms with Crippen LogP contribution in [0.3, 0.4) is 0 Å². The predicted molar refractivity (Wildman–Crippen MR) is 56.9 cm³/mol. The van der Waals surface area contributed by atoms with Crippen molar-refractivity contribution in [1.29, 1.82) is 0 Å². The van der Waals surface area contributed by atoms with Gasteiger partial charge in [-0.25, -0.2) is 0 Å². The van der Waals surface area contributed by atoms with E-state index in [9.17, 15) is 4.79 Å². The minimum Gasteiger partial charge on any atom is -0.437 e. The average molecular weight is 195 g/mol. The summed E-state index contributed by atoms with van der Waals surface area (Å²) in [5, 5.41) is 0. The van der Waals surface area contributed by atoms with Crippen LogP contribution in [-0.2, 0) is 0 Å². The Bertz CT molecular complexity index is 304. The summed E-state index contributed by atoms with van der Waals surface area (Å²) in [6, 6.07) is 3.59. The topological polar surface area (TPSA) is 33.5 Å². The van der Waals surface area contributed by atoms with Crippen molar-refractivity contribution in [2.75, 3.05) is 18.0 Å². The van der Waals surface area contributed by atoms with Crippen LogP contribution < -0.4 is 4.90 Å². The van der Waals surface area contributed by atoms with Gasteiger partial charge in [-0.2, -0.15) is 0 Å². The molecule has 0 radical (unpaired) electrons. The summed E-state index contributed by atoms with van der Waals surface area (Å²) < 4.78 is 5.43. The van der Waals surface area contributed by atoms with E-state index in [2.05, 4.69) is 18.7 Å². The van der Waals surface area contributed by atoms with E-state index in [-0.39, 0.29) is 5.78 Å². The second-order valence-electron chi connectivity index (χ2n) is 3.27. The number of hydrogen-bond donors (Lipinski definition) is 0. The van der Waals surface area contributed by atoms with Crippen LogP contribution in [-0.4, -0.2) is 18.9 Å². The third kappa shape index (κ3) is 2.37. The van der Waals surface area contributed by atoms with E-state index in [0.29, 0.717) is 5.76 Å². The fourth-order valence-electron chi connectivity index (χ4n) is 1.38. The first kappa shape index (κ1) is 10.8. The molecule has 0 saturated heterocycles. The second kappa shape index (κ2) is 4.84. The van der Waals surface area contributed by atoms with Gasteiger partial charge in [0.2, 0.25) is 0 Å². The molecule has 0 aliphatic rings. The zero-order valence-electron chi connectivity index (χ0n) is 9.04. The summed E-state index contributed by atoms with van der Waals surface area (Å²) in [5.74, 6) is 1.21. The van der Waals surface area contributed by atoms with E-state index in [1.165, 1.54) is 6.92 Å². The molecule has 0 aromatic carbocycles. The summed E-state index contributed by atoms with van der Waals surface area (Å²) in [6.07, 6.45) is 1.07. The molecule has 0 unspecified atom stereocenters. The molecule has 0 aliphatic heterocycles. The first-order chi connectivity index (χ1) is 6.69. The Morgan fingerprint density at radius 1 is 1.43 bits per heavy atom. The molecular weight excluding hydrogens is 178 g/mol. The molecule has 0 aliphatic carbocycles. The van der Waals surface area contributed by atoms with Crippen molar-refractivity contribution in [2.45, 2.75) is 27.2 Å². The van der Waals surface area contributed by atoms with Gasteiger partial charge in [0.05, 0.1) is 0 Å². The zero-order valence-corrected chi connectivity index (χ0v) is 9.04. The van der Waals surface area contributed by atoms with Crippen molar-refractivity contribution >= 4 is 11.7 Å². The Kier molecular flexibility index (Phi) is 3.74. The van der Waals surface area contributed by atoms with Crippen LogP contribution in [0.5, 0.6) is 0 Å². The van der Waals surface area contributed by atoms with Gasteiger partial charge in [-0.15, -0.1) is 0 Å². The highest BCUT2D eigenvalue weighted by atomic mass is 16.4. The minimum atomic E-state index is -0.0243. The van der Waals surface area contributed by atoms with Crippen LogP contribution in [0.15, 0.2) is 16.5 Å². The molecule has 0 spiro atoms. The van der Waals surface area contributed by atoms with Crippen LogP contribution in [0.4, 0.5) is 5.88 Å². The van der Waals surface area contributed by atoms with Crippen molar-refractivity contribution in [3.05, 3.63) is 17.9 Å². The second-order valence-corrected chi connectivity index (χ2v) is 3.27. The molecule has 3 nitrogen and oxygen atoms in total. The predicted octanol–water partition coefficient (Wildman–Crippen LogP) is 2.72. The Labute approximate surface area is 84.7 Å². The highest BCUT2D eigenvalue weighted by Crippen LogP contribution is 2.18. The van der Waals surface area contributed by atoms with E-state index in [4.69, 9.17) is 4.42 Å². The fraction of sp³-hybridized carbons (Fsp3) is 0.545. The third-order valence-corrected chi connectivity index (χ3v) is 2.13. The van der Waals surface area contributed by atoms with Gasteiger partial charge in [0.15, 0.2) is 17.4 Å². The van der Waals surface area contributed by atoms with E-state index in [0.717, 1.165) is 25.4 Å². The first-order valence-electron chi connectivity index (χ1n) is 5.04. The number of carbonyl (C=O) groups is 1. The Morgan fingerprint density at radius 3 is 2.57 bits per heavy atom. The van der Waals surface area contributed by atoms with Crippen molar-refractivity contribution in [3.63, 3.8) is 0 Å². The van der Waals surface area contributed by atoms with Gasteiger partial charge in [-0.05, 0) is 19.4 Å². The lowest BCUT2D eigenvalue weighted by molar-refractivity contribution is 0.0988. The smallest absolute Gasteiger partial charge is 0.196 e. The standard InChI is InChI=1S/C11H17NO2/c1-4-8-12(5-2)11-7-6-10(14-11)9(3)13/h6-7H,4-5,8H2,1-3H3. The van der Waals surface area contributed by atoms with Gasteiger partial charge in [-0.1, -0.05) is 6.92 Å². The highest BCUT2D eigenvalue weighted by Gasteiger charge is 2.10. The van der Waals surface area contributed by atoms with E-state index < -0.39 is 0 Å². The highest BCUT2D eigenvalue weighted by molar-refractivity contribution is 5.91. The normalized spacial score (nSPS) is 10.2. The SMILES string of the molecule is CCCN(CC)c1ccc(C(C)=O)o1. The number of rotatable bonds is 5. The number of Topliss-reactive ketones (excluding diaryl/α,β-unsaturated/α-hetero) is 1. The summed E-state index contributed by atoms with van der Waals surface area (Å²) in [4.78, 5) is 13.1. The summed E-state index contributed by atoms with van der Waals surface area (Å²) in [5.41, 5.74) is 0. The Morgan fingerprint density at radius 2 is 2.14 bits per heavy atom. The lowest BCUT2D eigenvalue weighted by Crippen LogP contribution is -2.22. The largest absolute Gasteiger partial charge is 0.437 e. The number of nitrogens with zero attached hydrogens (tertiary/aromatic N) is 1. The van der Waals surface area contributed by atoms with Crippen LogP contribution in [0.2, 0.25) is 0 Å². The first-order valence-corrected chi connectivity index (χ1v) is 5.04. The minimum absolute atomic E-state index is 0.0243. The van der Waals surface area contributed by atoms with E-state index >= 15 is 0 Å². The van der Waals surface area contributed by atoms with Gasteiger partial charge >= 0.3 is 0 Å². The zero-order chi connectivity index (χ0) is 10.6. The molecule has 14 heavy (non-hydrogen) atoms. The number of anilines is 1. The van der Waals surface area contributed by atoms with Gasteiger partial charge in [0, 0.05) is 26.1 Å². The van der Waals surface area contributed by atoms with Crippen LogP contribution in [0.1, 0.15) is 37.7 Å². The lowest BCUT2D eigenvalue weighted by Gasteiger charge is -2.18. The van der Waals surface area contributed by atoms with E-state index in [1.54, 1.807) is 6.07 Å². The van der Waals surface area contributed by atoms with E-state index in [1.807, 2.05) is 6.07 Å². The molecule has 78 valence electrons.